The summed E-state index contributed by atoms with van der Waals surface area (Å²) in [7, 11) is 0. The predicted octanol–water partition coefficient (Wildman–Crippen LogP) is 5.28. The molecule has 1 aromatic carbocycles. The number of aromatic nitrogens is 3. The molecule has 2 N–H and O–H groups in total. The Hall–Kier alpha value is -3.77. The molecular weight excluding hydrogens is 531 g/mol. The zero-order chi connectivity index (χ0) is 27.5. The van der Waals surface area contributed by atoms with E-state index in [9.17, 15) is 18.0 Å². The summed E-state index contributed by atoms with van der Waals surface area (Å²) in [4.78, 5) is 27.1. The van der Waals surface area contributed by atoms with E-state index in [1.165, 1.54) is 24.6 Å². The highest BCUT2D eigenvalue weighted by atomic mass is 32.1. The fourth-order valence-corrected chi connectivity index (χ4v) is 5.84. The van der Waals surface area contributed by atoms with Gasteiger partial charge in [-0.05, 0) is 49.7 Å². The summed E-state index contributed by atoms with van der Waals surface area (Å²) in [5, 5.41) is 0.134. The fourth-order valence-electron chi connectivity index (χ4n) is 4.86. The summed E-state index contributed by atoms with van der Waals surface area (Å²) in [6.07, 6.45) is -0.373. The van der Waals surface area contributed by atoms with Gasteiger partial charge in [-0.1, -0.05) is 0 Å². The first-order valence-electron chi connectivity index (χ1n) is 12.3. The van der Waals surface area contributed by atoms with E-state index in [0.717, 1.165) is 22.5 Å². The first kappa shape index (κ1) is 25.5. The van der Waals surface area contributed by atoms with Gasteiger partial charge in [0.15, 0.2) is 5.01 Å². The van der Waals surface area contributed by atoms with Gasteiger partial charge in [-0.2, -0.15) is 0 Å². The average molecular weight is 556 g/mol. The number of thiazole rings is 1. The number of pyridine rings is 1. The van der Waals surface area contributed by atoms with Crippen molar-refractivity contribution in [2.75, 3.05) is 13.1 Å². The van der Waals surface area contributed by atoms with Crippen molar-refractivity contribution < 1.29 is 27.1 Å². The Balaban J connectivity index is 1.18. The fraction of sp³-hybridized carbons (Fsp3) is 0.333. The third kappa shape index (κ3) is 4.89. The molecule has 2 fully saturated rings. The largest absolute Gasteiger partial charge is 0.474 e. The lowest BCUT2D eigenvalue weighted by atomic mass is 9.95. The number of alkyl halides is 2. The number of oxazole rings is 1. The zero-order valence-electron chi connectivity index (χ0n) is 21.0. The summed E-state index contributed by atoms with van der Waals surface area (Å²) in [6, 6.07) is 9.67. The van der Waals surface area contributed by atoms with Crippen molar-refractivity contribution >= 4 is 17.2 Å². The SMILES string of the molecule is CC(C)(N)c1cc(OC2[C@H]3CN(C(=O)c4sc(-c5ncco5)nc4C(F)F)C[C@@H]23)nc(-c2ccc(F)cc2)c1. The van der Waals surface area contributed by atoms with Gasteiger partial charge in [0.05, 0.1) is 11.9 Å². The van der Waals surface area contributed by atoms with Crippen LogP contribution in [-0.2, 0) is 5.54 Å². The molecule has 1 amide bonds. The smallest absolute Gasteiger partial charge is 0.282 e. The summed E-state index contributed by atoms with van der Waals surface area (Å²) in [6.45, 7) is 4.48. The van der Waals surface area contributed by atoms with Gasteiger partial charge in [-0.3, -0.25) is 4.79 Å². The van der Waals surface area contributed by atoms with Gasteiger partial charge in [-0.15, -0.1) is 11.3 Å². The number of nitrogens with two attached hydrogens (primary N) is 1. The molecule has 1 aliphatic carbocycles. The molecule has 0 radical (unpaired) electrons. The number of carbonyl (C=O) groups excluding carboxylic acids is 1. The average Bonchev–Trinajstić information content (AvgIpc) is 3.43. The van der Waals surface area contributed by atoms with Crippen LogP contribution in [0.15, 0.2) is 53.3 Å². The highest BCUT2D eigenvalue weighted by Gasteiger charge is 2.59. The van der Waals surface area contributed by atoms with Gasteiger partial charge < -0.3 is 19.8 Å². The van der Waals surface area contributed by atoms with Crippen molar-refractivity contribution in [2.24, 2.45) is 17.6 Å². The van der Waals surface area contributed by atoms with Gasteiger partial charge in [0.2, 0.25) is 5.88 Å². The molecule has 0 spiro atoms. The minimum atomic E-state index is -2.91. The molecule has 3 atom stereocenters. The Labute approximate surface area is 225 Å². The molecule has 0 bridgehead atoms. The quantitative estimate of drug-likeness (QED) is 0.331. The van der Waals surface area contributed by atoms with Crippen LogP contribution in [0.5, 0.6) is 5.88 Å². The van der Waals surface area contributed by atoms with E-state index in [1.54, 1.807) is 23.1 Å². The van der Waals surface area contributed by atoms with Crippen LogP contribution in [0.4, 0.5) is 13.2 Å². The molecule has 1 aliphatic heterocycles. The maximum absolute atomic E-state index is 13.7. The minimum absolute atomic E-state index is 0.0497. The van der Waals surface area contributed by atoms with Crippen molar-refractivity contribution in [1.29, 1.82) is 0 Å². The minimum Gasteiger partial charge on any atom is -0.474 e. The normalized spacial score (nSPS) is 20.4. The Bertz CT molecular complexity index is 1510. The Morgan fingerprint density at radius 2 is 1.90 bits per heavy atom. The van der Waals surface area contributed by atoms with Crippen molar-refractivity contribution in [3.05, 3.63) is 70.8 Å². The Morgan fingerprint density at radius 3 is 2.51 bits per heavy atom. The number of nitrogens with zero attached hydrogens (tertiary/aromatic N) is 4. The molecule has 12 heteroatoms. The van der Waals surface area contributed by atoms with Crippen LogP contribution in [0, 0.1) is 17.7 Å². The van der Waals surface area contributed by atoms with Crippen LogP contribution in [-0.4, -0.2) is 45.0 Å². The Kier molecular flexibility index (Phi) is 6.18. The van der Waals surface area contributed by atoms with Crippen LogP contribution >= 0.6 is 11.3 Å². The molecule has 4 aromatic rings. The van der Waals surface area contributed by atoms with E-state index in [0.29, 0.717) is 24.7 Å². The standard InChI is InChI=1S/C27H24F3N5O3S/c1-27(2,31)14-9-18(13-3-5-15(28)6-4-13)33-19(10-14)38-21-16-11-35(12-17(16)21)26(36)22-20(23(29)30)34-25(39-22)24-32-7-8-37-24/h3-10,16-17,21,23H,11-12,31H2,1-2H3/t16-,17+,21?. The lowest BCUT2D eigenvalue weighted by Crippen LogP contribution is -2.33. The number of hydrogen-bond donors (Lipinski definition) is 1. The molecule has 8 nitrogen and oxygen atoms in total. The predicted molar refractivity (Wildman–Crippen MR) is 137 cm³/mol. The molecular formula is C27H24F3N5O3S. The molecule has 1 unspecified atom stereocenters. The van der Waals surface area contributed by atoms with Gasteiger partial charge in [0.25, 0.3) is 18.2 Å². The topological polar surface area (TPSA) is 107 Å². The van der Waals surface area contributed by atoms with Crippen molar-refractivity contribution in [2.45, 2.75) is 31.9 Å². The highest BCUT2D eigenvalue weighted by molar-refractivity contribution is 7.17. The van der Waals surface area contributed by atoms with E-state index in [1.807, 2.05) is 19.9 Å². The number of piperidine rings is 1. The number of hydrogen-bond acceptors (Lipinski definition) is 8. The lowest BCUT2D eigenvalue weighted by Gasteiger charge is -2.22. The van der Waals surface area contributed by atoms with E-state index in [-0.39, 0.29) is 39.5 Å². The maximum Gasteiger partial charge on any atom is 0.282 e. The van der Waals surface area contributed by atoms with E-state index in [2.05, 4.69) is 15.0 Å². The second-order valence-electron chi connectivity index (χ2n) is 10.3. The number of likely N-dealkylation sites (tertiary alicyclic amines) is 1. The van der Waals surface area contributed by atoms with E-state index in [4.69, 9.17) is 14.9 Å². The first-order valence-corrected chi connectivity index (χ1v) is 13.1. The highest BCUT2D eigenvalue weighted by Crippen LogP contribution is 2.49. The first-order chi connectivity index (χ1) is 18.6. The summed E-state index contributed by atoms with van der Waals surface area (Å²) < 4.78 is 52.2. The number of amides is 1. The van der Waals surface area contributed by atoms with Crippen molar-refractivity contribution in [1.82, 2.24) is 19.9 Å². The molecule has 39 heavy (non-hydrogen) atoms. The van der Waals surface area contributed by atoms with Crippen LogP contribution in [0.25, 0.3) is 22.2 Å². The lowest BCUT2D eigenvalue weighted by molar-refractivity contribution is 0.0744. The van der Waals surface area contributed by atoms with Gasteiger partial charge in [-0.25, -0.2) is 28.1 Å². The second-order valence-corrected chi connectivity index (χ2v) is 11.3. The van der Waals surface area contributed by atoms with Crippen molar-refractivity contribution in [3.63, 3.8) is 0 Å². The second kappa shape index (κ2) is 9.45. The maximum atomic E-state index is 13.7. The van der Waals surface area contributed by atoms with Crippen LogP contribution in [0.3, 0.4) is 0 Å². The molecule has 1 saturated carbocycles. The molecule has 1 saturated heterocycles. The van der Waals surface area contributed by atoms with Gasteiger partial charge >= 0.3 is 0 Å². The molecule has 6 rings (SSSR count). The van der Waals surface area contributed by atoms with E-state index >= 15 is 0 Å². The van der Waals surface area contributed by atoms with E-state index < -0.39 is 23.6 Å². The number of rotatable bonds is 7. The van der Waals surface area contributed by atoms with Gasteiger partial charge in [0, 0.05) is 42.1 Å². The van der Waals surface area contributed by atoms with Crippen LogP contribution in [0.1, 0.15) is 41.2 Å². The molecule has 4 heterocycles. The zero-order valence-corrected chi connectivity index (χ0v) is 21.8. The summed E-state index contributed by atoms with van der Waals surface area (Å²) in [5.74, 6) is -0.254. The Morgan fingerprint density at radius 1 is 1.18 bits per heavy atom. The molecule has 3 aromatic heterocycles. The van der Waals surface area contributed by atoms with Crippen LogP contribution < -0.4 is 10.5 Å². The van der Waals surface area contributed by atoms with Crippen molar-refractivity contribution in [3.8, 4) is 28.0 Å². The third-order valence-corrected chi connectivity index (χ3v) is 8.06. The molecule has 202 valence electrons. The number of ether oxygens (including phenoxy) is 1. The monoisotopic (exact) mass is 555 g/mol. The molecule has 2 aliphatic rings. The third-order valence-electron chi connectivity index (χ3n) is 7.01. The summed E-state index contributed by atoms with van der Waals surface area (Å²) >= 11 is 0.849. The van der Waals surface area contributed by atoms with Crippen LogP contribution in [0.2, 0.25) is 0 Å². The van der Waals surface area contributed by atoms with Gasteiger partial charge in [0.1, 0.15) is 28.8 Å². The number of benzene rings is 1. The number of fused-ring (bicyclic) bond motifs is 1. The number of halogens is 3. The number of carbonyl (C=O) groups is 1. The summed E-state index contributed by atoms with van der Waals surface area (Å²) in [5.41, 5.74) is 7.26.